The lowest BCUT2D eigenvalue weighted by atomic mass is 9.81. The van der Waals surface area contributed by atoms with Gasteiger partial charge in [0.05, 0.1) is 0 Å². The molecular formula is C48H60P2. The van der Waals surface area contributed by atoms with Gasteiger partial charge in [-0.1, -0.05) is 185 Å². The first-order chi connectivity index (χ1) is 23.7. The first kappa shape index (κ1) is 38.2. The fourth-order valence-electron chi connectivity index (χ4n) is 7.88. The summed E-state index contributed by atoms with van der Waals surface area (Å²) in [7, 11) is -0.922. The molecule has 5 rings (SSSR count). The topological polar surface area (TPSA) is 0 Å². The highest BCUT2D eigenvalue weighted by Gasteiger charge is 2.35. The highest BCUT2D eigenvalue weighted by atomic mass is 31.1. The van der Waals surface area contributed by atoms with Crippen molar-refractivity contribution in [2.75, 3.05) is 0 Å². The molecule has 0 saturated heterocycles. The van der Waals surface area contributed by atoms with Crippen LogP contribution in [0.4, 0.5) is 0 Å². The molecule has 0 fully saturated rings. The molecule has 5 aromatic carbocycles. The Bertz CT molecular complexity index is 1770. The van der Waals surface area contributed by atoms with Crippen LogP contribution in [0.25, 0.3) is 0 Å². The van der Waals surface area contributed by atoms with Gasteiger partial charge < -0.3 is 0 Å². The van der Waals surface area contributed by atoms with Crippen molar-refractivity contribution in [3.05, 3.63) is 166 Å². The van der Waals surface area contributed by atoms with E-state index < -0.39 is 7.92 Å². The summed E-state index contributed by atoms with van der Waals surface area (Å²) in [5.74, 6) is 0.830. The predicted molar refractivity (Wildman–Crippen MR) is 226 cm³/mol. The second kappa shape index (κ2) is 16.5. The van der Waals surface area contributed by atoms with E-state index in [2.05, 4.69) is 191 Å². The van der Waals surface area contributed by atoms with Crippen LogP contribution in [0.3, 0.4) is 0 Å². The Labute approximate surface area is 307 Å². The van der Waals surface area contributed by atoms with E-state index in [1.807, 2.05) is 0 Å². The van der Waals surface area contributed by atoms with Gasteiger partial charge in [-0.2, -0.15) is 0 Å². The molecule has 0 aromatic heterocycles. The summed E-state index contributed by atoms with van der Waals surface area (Å²) < 4.78 is 0. The molecule has 0 spiro atoms. The van der Waals surface area contributed by atoms with Gasteiger partial charge in [-0.3, -0.25) is 0 Å². The van der Waals surface area contributed by atoms with E-state index >= 15 is 0 Å². The molecule has 2 atom stereocenters. The van der Waals surface area contributed by atoms with Gasteiger partial charge >= 0.3 is 0 Å². The third kappa shape index (κ3) is 9.64. The monoisotopic (exact) mass is 698 g/mol. The summed E-state index contributed by atoms with van der Waals surface area (Å²) in [6.45, 7) is 24.4. The second-order valence-electron chi connectivity index (χ2n) is 16.5. The molecule has 0 radical (unpaired) electrons. The molecule has 5 aromatic rings. The van der Waals surface area contributed by atoms with Gasteiger partial charge in [0.25, 0.3) is 0 Å². The summed E-state index contributed by atoms with van der Waals surface area (Å²) in [5.41, 5.74) is 11.9. The Hall–Kier alpha value is -3.04. The van der Waals surface area contributed by atoms with Crippen molar-refractivity contribution in [3.8, 4) is 0 Å². The molecule has 0 amide bonds. The van der Waals surface area contributed by atoms with Crippen LogP contribution in [0.5, 0.6) is 0 Å². The number of aryl methyl sites for hydroxylation is 2. The van der Waals surface area contributed by atoms with Gasteiger partial charge in [0.15, 0.2) is 0 Å². The first-order valence-electron chi connectivity index (χ1n) is 18.6. The third-order valence-electron chi connectivity index (χ3n) is 10.3. The molecule has 0 aliphatic carbocycles. The van der Waals surface area contributed by atoms with Crippen molar-refractivity contribution >= 4 is 26.5 Å². The van der Waals surface area contributed by atoms with Gasteiger partial charge in [0, 0.05) is 6.16 Å². The second-order valence-corrected chi connectivity index (χ2v) is 22.5. The zero-order chi connectivity index (χ0) is 36.1. The molecule has 0 N–H and O–H groups in total. The molecule has 0 heterocycles. The van der Waals surface area contributed by atoms with Crippen molar-refractivity contribution in [2.24, 2.45) is 0 Å². The van der Waals surface area contributed by atoms with E-state index in [1.165, 1.54) is 38.4 Å². The Kier molecular flexibility index (Phi) is 12.6. The zero-order valence-corrected chi connectivity index (χ0v) is 34.2. The lowest BCUT2D eigenvalue weighted by Crippen LogP contribution is -2.26. The molecular weight excluding hydrogens is 638 g/mol. The highest BCUT2D eigenvalue weighted by molar-refractivity contribution is 7.72. The summed E-state index contributed by atoms with van der Waals surface area (Å²) in [5, 5.41) is 3.52. The summed E-state index contributed by atoms with van der Waals surface area (Å²) in [4.78, 5) is 0. The number of benzene rings is 5. The van der Waals surface area contributed by atoms with Crippen molar-refractivity contribution in [1.29, 1.82) is 0 Å². The summed E-state index contributed by atoms with van der Waals surface area (Å²) >= 11 is 0. The van der Waals surface area contributed by atoms with E-state index in [4.69, 9.17) is 0 Å². The van der Waals surface area contributed by atoms with Crippen molar-refractivity contribution < 1.29 is 0 Å². The van der Waals surface area contributed by atoms with Crippen molar-refractivity contribution in [2.45, 2.75) is 117 Å². The van der Waals surface area contributed by atoms with Crippen LogP contribution < -0.4 is 10.6 Å². The molecule has 262 valence electrons. The fraction of sp³-hybridized carbons (Fsp3) is 0.375. The molecule has 2 heteroatoms. The van der Waals surface area contributed by atoms with Crippen LogP contribution >= 0.6 is 15.8 Å². The third-order valence-corrected chi connectivity index (χ3v) is 17.0. The van der Waals surface area contributed by atoms with E-state index in [9.17, 15) is 0 Å². The lowest BCUT2D eigenvalue weighted by Gasteiger charge is -2.42. The predicted octanol–water partition coefficient (Wildman–Crippen LogP) is 13.2. The maximum Gasteiger partial charge on any atom is 0.00106 e. The molecule has 0 saturated carbocycles. The minimum atomic E-state index is -0.603. The normalized spacial score (nSPS) is 13.5. The van der Waals surface area contributed by atoms with Gasteiger partial charge in [-0.15, -0.1) is 0 Å². The van der Waals surface area contributed by atoms with E-state index in [0.717, 1.165) is 25.2 Å². The molecule has 0 bridgehead atoms. The minimum Gasteiger partial charge on any atom is -0.0911 e. The number of hydrogen-bond donors (Lipinski definition) is 0. The van der Waals surface area contributed by atoms with Gasteiger partial charge in [0.1, 0.15) is 0 Å². The Morgan fingerprint density at radius 3 is 1.22 bits per heavy atom. The van der Waals surface area contributed by atoms with E-state index in [-0.39, 0.29) is 18.2 Å². The zero-order valence-electron chi connectivity index (χ0n) is 32.4. The van der Waals surface area contributed by atoms with Gasteiger partial charge in [0.2, 0.25) is 0 Å². The van der Waals surface area contributed by atoms with Crippen LogP contribution in [0.15, 0.2) is 121 Å². The van der Waals surface area contributed by atoms with Gasteiger partial charge in [-0.25, -0.2) is 0 Å². The Morgan fingerprint density at radius 2 is 0.840 bits per heavy atom. The standard InChI is InChI=1S/C48H60P2/c1-35-21-17-19-27-45(35)49(46-28-20-18-22-36(46)2)33-41-31-43(37(3)29-39-23-13-11-14-24-39)44(38(4)30-40-25-15-12-16-26-40)32-42(41)34-50(47(5,6)7)48(8,9)10/h11-28,31-32,37-38H,29-30,33-34H2,1-10H3. The Balaban J connectivity index is 1.73. The van der Waals surface area contributed by atoms with E-state index in [0.29, 0.717) is 11.8 Å². The number of rotatable bonds is 12. The van der Waals surface area contributed by atoms with Crippen molar-refractivity contribution in [3.63, 3.8) is 0 Å². The largest absolute Gasteiger partial charge is 0.0911 e. The van der Waals surface area contributed by atoms with Crippen LogP contribution in [0.1, 0.15) is 112 Å². The molecule has 0 aliphatic heterocycles. The molecule has 2 unspecified atom stereocenters. The Morgan fingerprint density at radius 1 is 0.480 bits per heavy atom. The van der Waals surface area contributed by atoms with Crippen molar-refractivity contribution in [1.82, 2.24) is 0 Å². The lowest BCUT2D eigenvalue weighted by molar-refractivity contribution is 0.693. The molecule has 50 heavy (non-hydrogen) atoms. The smallest absolute Gasteiger partial charge is 0.00106 e. The first-order valence-corrected chi connectivity index (χ1v) is 21.7. The van der Waals surface area contributed by atoms with Crippen LogP contribution in [-0.2, 0) is 25.2 Å². The maximum absolute atomic E-state index is 2.70. The summed E-state index contributed by atoms with van der Waals surface area (Å²) in [6.07, 6.45) is 4.32. The number of hydrogen-bond acceptors (Lipinski definition) is 0. The highest BCUT2D eigenvalue weighted by Crippen LogP contribution is 2.62. The minimum absolute atomic E-state index is 0.247. The van der Waals surface area contributed by atoms with Crippen LogP contribution in [-0.4, -0.2) is 10.3 Å². The average Bonchev–Trinajstić information content (AvgIpc) is 3.07. The molecule has 0 aliphatic rings. The van der Waals surface area contributed by atoms with E-state index in [1.54, 1.807) is 16.7 Å². The average molecular weight is 699 g/mol. The SMILES string of the molecule is Cc1ccccc1P(Cc1cc(C(C)Cc2ccccc2)c(C(C)Cc2ccccc2)cc1CP(C(C)(C)C)C(C)(C)C)c1ccccc1C. The fourth-order valence-corrected chi connectivity index (χ4v) is 14.2. The maximum atomic E-state index is 2.70. The molecule has 0 nitrogen and oxygen atoms in total. The van der Waals surface area contributed by atoms with Crippen LogP contribution in [0.2, 0.25) is 0 Å². The summed E-state index contributed by atoms with van der Waals surface area (Å²) in [6, 6.07) is 45.9. The van der Waals surface area contributed by atoms with Gasteiger partial charge in [-0.05, 0) is 118 Å². The van der Waals surface area contributed by atoms with Crippen LogP contribution in [0, 0.1) is 13.8 Å². The quantitative estimate of drug-likeness (QED) is 0.114.